The fraction of sp³-hybridized carbons (Fsp3) is 0.769. The van der Waals surface area contributed by atoms with Crippen molar-refractivity contribution in [3.05, 3.63) is 5.69 Å². The summed E-state index contributed by atoms with van der Waals surface area (Å²) in [5.74, 6) is 2.51. The fourth-order valence-electron chi connectivity index (χ4n) is 2.72. The molecule has 1 fully saturated rings. The van der Waals surface area contributed by atoms with E-state index in [1.54, 1.807) is 0 Å². The second-order valence-corrected chi connectivity index (χ2v) is 5.33. The molecule has 0 aromatic carbocycles. The first kappa shape index (κ1) is 12.3. The molecule has 0 amide bonds. The highest BCUT2D eigenvalue weighted by atomic mass is 15.3. The quantitative estimate of drug-likeness (QED) is 0.848. The Morgan fingerprint density at radius 2 is 2.12 bits per heavy atom. The number of nitrogens with zero attached hydrogens (tertiary/aromatic N) is 2. The van der Waals surface area contributed by atoms with Gasteiger partial charge in [0.2, 0.25) is 0 Å². The van der Waals surface area contributed by atoms with E-state index >= 15 is 0 Å². The molecular weight excluding hydrogens is 212 g/mol. The second kappa shape index (κ2) is 4.59. The maximum atomic E-state index is 6.09. The van der Waals surface area contributed by atoms with Crippen molar-refractivity contribution in [2.45, 2.75) is 53.1 Å². The van der Waals surface area contributed by atoms with Gasteiger partial charge in [-0.3, -0.25) is 0 Å². The zero-order chi connectivity index (χ0) is 12.6. The van der Waals surface area contributed by atoms with Crippen LogP contribution in [0.2, 0.25) is 0 Å². The normalized spacial score (nSPS) is 28.6. The summed E-state index contributed by atoms with van der Waals surface area (Å²) in [5, 5.41) is 8.05. The van der Waals surface area contributed by atoms with Crippen molar-refractivity contribution in [1.29, 1.82) is 0 Å². The highest BCUT2D eigenvalue weighted by Gasteiger charge is 2.30. The molecule has 4 heteroatoms. The predicted molar refractivity (Wildman–Crippen MR) is 72.0 cm³/mol. The van der Waals surface area contributed by atoms with Crippen molar-refractivity contribution in [2.75, 3.05) is 11.1 Å². The van der Waals surface area contributed by atoms with Crippen LogP contribution in [-0.2, 0) is 6.54 Å². The first-order valence-electron chi connectivity index (χ1n) is 6.64. The molecule has 4 nitrogen and oxygen atoms in total. The Morgan fingerprint density at radius 3 is 2.65 bits per heavy atom. The van der Waals surface area contributed by atoms with E-state index in [1.807, 2.05) is 11.6 Å². The van der Waals surface area contributed by atoms with Crippen LogP contribution in [-0.4, -0.2) is 15.8 Å². The molecular formula is C13H24N4. The molecule has 0 saturated heterocycles. The Bertz CT molecular complexity index is 396. The molecule has 1 aliphatic rings. The van der Waals surface area contributed by atoms with E-state index in [4.69, 9.17) is 5.73 Å². The average molecular weight is 236 g/mol. The van der Waals surface area contributed by atoms with Crippen LogP contribution >= 0.6 is 0 Å². The lowest BCUT2D eigenvalue weighted by molar-refractivity contribution is 0.433. The van der Waals surface area contributed by atoms with Gasteiger partial charge in [-0.1, -0.05) is 13.8 Å². The Kier molecular flexibility index (Phi) is 3.31. The Morgan fingerprint density at radius 1 is 1.41 bits per heavy atom. The lowest BCUT2D eigenvalue weighted by atomic mass is 9.98. The van der Waals surface area contributed by atoms with Gasteiger partial charge in [0.1, 0.15) is 5.82 Å². The first-order chi connectivity index (χ1) is 8.04. The number of aromatic nitrogens is 2. The van der Waals surface area contributed by atoms with Crippen LogP contribution in [0.25, 0.3) is 0 Å². The number of hydrogen-bond acceptors (Lipinski definition) is 3. The van der Waals surface area contributed by atoms with Crippen LogP contribution < -0.4 is 11.1 Å². The van der Waals surface area contributed by atoms with Crippen molar-refractivity contribution in [1.82, 2.24) is 9.78 Å². The van der Waals surface area contributed by atoms with E-state index in [2.05, 4.69) is 31.2 Å². The van der Waals surface area contributed by atoms with Gasteiger partial charge in [0.15, 0.2) is 0 Å². The number of nitrogen functional groups attached to an aromatic ring is 1. The smallest absolute Gasteiger partial charge is 0.148 e. The van der Waals surface area contributed by atoms with Crippen molar-refractivity contribution < 1.29 is 0 Å². The van der Waals surface area contributed by atoms with Gasteiger partial charge in [-0.05, 0) is 38.5 Å². The maximum absolute atomic E-state index is 6.09. The van der Waals surface area contributed by atoms with Gasteiger partial charge in [0.25, 0.3) is 0 Å². The summed E-state index contributed by atoms with van der Waals surface area (Å²) in [5.41, 5.74) is 7.82. The number of anilines is 2. The van der Waals surface area contributed by atoms with Gasteiger partial charge in [0, 0.05) is 12.6 Å². The van der Waals surface area contributed by atoms with Gasteiger partial charge in [-0.15, -0.1) is 0 Å². The number of rotatable bonds is 3. The molecule has 0 spiro atoms. The summed E-state index contributed by atoms with van der Waals surface area (Å²) in [6, 6.07) is 0.536. The molecule has 1 aliphatic carbocycles. The molecule has 0 aliphatic heterocycles. The summed E-state index contributed by atoms with van der Waals surface area (Å²) in [6.07, 6.45) is 2.54. The standard InChI is InChI=1S/C13H24N4/c1-5-17-13(12(14)10(4)16-17)15-11-7-6-8(2)9(11)3/h8-9,11,15H,5-7,14H2,1-4H3. The minimum Gasteiger partial charge on any atom is -0.394 e. The van der Waals surface area contributed by atoms with E-state index in [-0.39, 0.29) is 0 Å². The van der Waals surface area contributed by atoms with E-state index in [0.29, 0.717) is 12.0 Å². The van der Waals surface area contributed by atoms with Crippen LogP contribution in [0.1, 0.15) is 39.3 Å². The molecule has 0 radical (unpaired) electrons. The number of aryl methyl sites for hydroxylation is 2. The molecule has 17 heavy (non-hydrogen) atoms. The van der Waals surface area contributed by atoms with Crippen molar-refractivity contribution >= 4 is 11.5 Å². The molecule has 1 heterocycles. The summed E-state index contributed by atoms with van der Waals surface area (Å²) in [7, 11) is 0. The van der Waals surface area contributed by atoms with Crippen LogP contribution in [0.3, 0.4) is 0 Å². The summed E-state index contributed by atoms with van der Waals surface area (Å²) in [4.78, 5) is 0. The third-order valence-electron chi connectivity index (χ3n) is 4.26. The number of nitrogens with two attached hydrogens (primary N) is 1. The third-order valence-corrected chi connectivity index (χ3v) is 4.26. The largest absolute Gasteiger partial charge is 0.394 e. The molecule has 1 aromatic rings. The van der Waals surface area contributed by atoms with Crippen molar-refractivity contribution in [2.24, 2.45) is 11.8 Å². The molecule has 0 bridgehead atoms. The van der Waals surface area contributed by atoms with Gasteiger partial charge in [-0.2, -0.15) is 5.10 Å². The molecule has 3 unspecified atom stereocenters. The summed E-state index contributed by atoms with van der Waals surface area (Å²) < 4.78 is 1.97. The zero-order valence-corrected chi connectivity index (χ0v) is 11.3. The van der Waals surface area contributed by atoms with Gasteiger partial charge in [0.05, 0.1) is 11.4 Å². The van der Waals surface area contributed by atoms with Gasteiger partial charge in [-0.25, -0.2) is 4.68 Å². The fourth-order valence-corrected chi connectivity index (χ4v) is 2.72. The highest BCUT2D eigenvalue weighted by Crippen LogP contribution is 2.34. The first-order valence-corrected chi connectivity index (χ1v) is 6.64. The van der Waals surface area contributed by atoms with E-state index < -0.39 is 0 Å². The predicted octanol–water partition coefficient (Wildman–Crippen LogP) is 2.64. The minimum atomic E-state index is 0.536. The Balaban J connectivity index is 2.18. The van der Waals surface area contributed by atoms with E-state index in [1.165, 1.54) is 12.8 Å². The molecule has 3 N–H and O–H groups in total. The summed E-state index contributed by atoms with van der Waals surface area (Å²) in [6.45, 7) is 9.57. The highest BCUT2D eigenvalue weighted by molar-refractivity contribution is 5.65. The Labute approximate surface area is 104 Å². The van der Waals surface area contributed by atoms with Crippen molar-refractivity contribution in [3.8, 4) is 0 Å². The molecule has 2 rings (SSSR count). The van der Waals surface area contributed by atoms with Crippen LogP contribution in [0, 0.1) is 18.8 Å². The zero-order valence-electron chi connectivity index (χ0n) is 11.3. The van der Waals surface area contributed by atoms with Crippen molar-refractivity contribution in [3.63, 3.8) is 0 Å². The molecule has 1 saturated carbocycles. The number of hydrogen-bond donors (Lipinski definition) is 2. The molecule has 1 aromatic heterocycles. The summed E-state index contributed by atoms with van der Waals surface area (Å²) >= 11 is 0. The van der Waals surface area contributed by atoms with Gasteiger partial charge < -0.3 is 11.1 Å². The minimum absolute atomic E-state index is 0.536. The molecule has 3 atom stereocenters. The monoisotopic (exact) mass is 236 g/mol. The Hall–Kier alpha value is -1.19. The van der Waals surface area contributed by atoms with Gasteiger partial charge >= 0.3 is 0 Å². The average Bonchev–Trinajstić information content (AvgIpc) is 2.76. The lowest BCUT2D eigenvalue weighted by Crippen LogP contribution is -2.26. The maximum Gasteiger partial charge on any atom is 0.148 e. The lowest BCUT2D eigenvalue weighted by Gasteiger charge is -2.21. The van der Waals surface area contributed by atoms with Crippen LogP contribution in [0.15, 0.2) is 0 Å². The van der Waals surface area contributed by atoms with Crippen LogP contribution in [0.4, 0.5) is 11.5 Å². The SMILES string of the molecule is CCn1nc(C)c(N)c1NC1CCC(C)C1C. The van der Waals surface area contributed by atoms with E-state index in [0.717, 1.165) is 29.7 Å². The number of nitrogens with one attached hydrogen (secondary N) is 1. The molecule has 96 valence electrons. The third kappa shape index (κ3) is 2.13. The topological polar surface area (TPSA) is 55.9 Å². The van der Waals surface area contributed by atoms with Crippen LogP contribution in [0.5, 0.6) is 0 Å². The second-order valence-electron chi connectivity index (χ2n) is 5.33. The van der Waals surface area contributed by atoms with E-state index in [9.17, 15) is 0 Å².